The van der Waals surface area contributed by atoms with Crippen molar-refractivity contribution in [3.63, 3.8) is 0 Å². The monoisotopic (exact) mass is 357 g/mol. The molecule has 0 bridgehead atoms. The lowest BCUT2D eigenvalue weighted by Crippen LogP contribution is -2.29. The van der Waals surface area contributed by atoms with E-state index in [-0.39, 0.29) is 27.5 Å². The number of sulfonamides is 1. The molecule has 0 radical (unpaired) electrons. The van der Waals surface area contributed by atoms with Crippen molar-refractivity contribution in [1.82, 2.24) is 4.72 Å². The van der Waals surface area contributed by atoms with E-state index in [9.17, 15) is 8.42 Å². The summed E-state index contributed by atoms with van der Waals surface area (Å²) in [6.45, 7) is 1.94. The number of aliphatic hydroxyl groups excluding tert-OH is 1. The van der Waals surface area contributed by atoms with Crippen LogP contribution >= 0.6 is 35.0 Å². The van der Waals surface area contributed by atoms with Crippen LogP contribution in [-0.4, -0.2) is 32.1 Å². The van der Waals surface area contributed by atoms with E-state index in [2.05, 4.69) is 4.72 Å². The van der Waals surface area contributed by atoms with Crippen molar-refractivity contribution in [2.75, 3.05) is 18.6 Å². The van der Waals surface area contributed by atoms with Gasteiger partial charge in [-0.25, -0.2) is 13.1 Å². The van der Waals surface area contributed by atoms with E-state index in [1.54, 1.807) is 11.8 Å². The molecular formula is C12H17Cl2NO3S2. The summed E-state index contributed by atoms with van der Waals surface area (Å²) in [7, 11) is -3.71. The van der Waals surface area contributed by atoms with E-state index in [1.165, 1.54) is 12.1 Å². The van der Waals surface area contributed by atoms with Crippen molar-refractivity contribution < 1.29 is 13.5 Å². The summed E-state index contributed by atoms with van der Waals surface area (Å²) in [5, 5.41) is 9.42. The second kappa shape index (κ2) is 7.87. The normalized spacial score (nSPS) is 13.4. The van der Waals surface area contributed by atoms with Crippen LogP contribution in [0.3, 0.4) is 0 Å². The van der Waals surface area contributed by atoms with Crippen molar-refractivity contribution >= 4 is 45.0 Å². The minimum Gasteiger partial charge on any atom is -0.392 e. The van der Waals surface area contributed by atoms with Gasteiger partial charge in [0, 0.05) is 11.6 Å². The fraction of sp³-hybridized carbons (Fsp3) is 0.500. The smallest absolute Gasteiger partial charge is 0.242 e. The summed E-state index contributed by atoms with van der Waals surface area (Å²) < 4.78 is 26.9. The lowest BCUT2D eigenvalue weighted by Gasteiger charge is -2.13. The third-order valence-electron chi connectivity index (χ3n) is 2.63. The Morgan fingerprint density at radius 1 is 1.35 bits per heavy atom. The minimum atomic E-state index is -3.71. The zero-order chi connectivity index (χ0) is 15.3. The predicted octanol–water partition coefficient (Wildman–Crippen LogP) is 2.76. The number of benzene rings is 1. The van der Waals surface area contributed by atoms with Crippen LogP contribution in [0.1, 0.15) is 12.5 Å². The van der Waals surface area contributed by atoms with Gasteiger partial charge < -0.3 is 5.11 Å². The molecule has 0 saturated carbocycles. The van der Waals surface area contributed by atoms with E-state index < -0.39 is 10.0 Å². The van der Waals surface area contributed by atoms with Crippen LogP contribution in [0.25, 0.3) is 0 Å². The van der Waals surface area contributed by atoms with Crippen LogP contribution in [0.15, 0.2) is 17.0 Å². The molecule has 0 heterocycles. The summed E-state index contributed by atoms with van der Waals surface area (Å²) in [5.41, 5.74) is 0.327. The Hall–Kier alpha value is 0.0200. The first-order valence-electron chi connectivity index (χ1n) is 5.89. The highest BCUT2D eigenvalue weighted by Crippen LogP contribution is 2.28. The van der Waals surface area contributed by atoms with Crippen LogP contribution in [0.4, 0.5) is 0 Å². The number of aliphatic hydroxyl groups is 1. The number of nitrogens with one attached hydrogen (secondary N) is 1. The molecule has 2 N–H and O–H groups in total. The maximum atomic E-state index is 12.2. The fourth-order valence-electron chi connectivity index (χ4n) is 1.57. The van der Waals surface area contributed by atoms with Gasteiger partial charge in [0.2, 0.25) is 10.0 Å². The number of thioether (sulfide) groups is 1. The summed E-state index contributed by atoms with van der Waals surface area (Å²) in [6.07, 6.45) is 1.97. The lowest BCUT2D eigenvalue weighted by atomic mass is 10.2. The molecule has 0 aliphatic rings. The Morgan fingerprint density at radius 3 is 2.55 bits per heavy atom. The summed E-state index contributed by atoms with van der Waals surface area (Å²) >= 11 is 13.4. The van der Waals surface area contributed by atoms with Gasteiger partial charge in [-0.3, -0.25) is 0 Å². The molecule has 1 aromatic rings. The molecule has 8 heteroatoms. The number of hydrogen-bond donors (Lipinski definition) is 2. The maximum absolute atomic E-state index is 12.2. The molecule has 4 nitrogen and oxygen atoms in total. The molecular weight excluding hydrogens is 341 g/mol. The zero-order valence-electron chi connectivity index (χ0n) is 11.2. The molecule has 0 saturated heterocycles. The highest BCUT2D eigenvalue weighted by atomic mass is 35.5. The average Bonchev–Trinajstić information content (AvgIpc) is 2.37. The molecule has 0 fully saturated rings. The van der Waals surface area contributed by atoms with E-state index in [0.717, 1.165) is 5.75 Å². The molecule has 0 amide bonds. The summed E-state index contributed by atoms with van der Waals surface area (Å²) in [6, 6.07) is 2.63. The molecule has 0 spiro atoms. The minimum absolute atomic E-state index is 0.0391. The Kier molecular flexibility index (Phi) is 7.11. The maximum Gasteiger partial charge on any atom is 0.242 e. The largest absolute Gasteiger partial charge is 0.392 e. The third kappa shape index (κ3) is 4.79. The Labute approximate surface area is 133 Å². The molecule has 0 aromatic heterocycles. The Bertz CT molecular complexity index is 564. The van der Waals surface area contributed by atoms with Gasteiger partial charge in [-0.15, -0.1) is 0 Å². The highest BCUT2D eigenvalue weighted by Gasteiger charge is 2.20. The fourth-order valence-corrected chi connectivity index (χ4v) is 4.28. The zero-order valence-corrected chi connectivity index (χ0v) is 14.3. The predicted molar refractivity (Wildman–Crippen MR) is 85.1 cm³/mol. The van der Waals surface area contributed by atoms with E-state index in [4.69, 9.17) is 28.3 Å². The van der Waals surface area contributed by atoms with Crippen molar-refractivity contribution in [2.45, 2.75) is 18.4 Å². The average molecular weight is 358 g/mol. The van der Waals surface area contributed by atoms with Gasteiger partial charge in [0.25, 0.3) is 0 Å². The van der Waals surface area contributed by atoms with Gasteiger partial charge in [-0.05, 0) is 35.6 Å². The lowest BCUT2D eigenvalue weighted by molar-refractivity contribution is 0.281. The Balaban J connectivity index is 2.98. The van der Waals surface area contributed by atoms with Gasteiger partial charge in [-0.1, -0.05) is 30.1 Å². The molecule has 1 aromatic carbocycles. The van der Waals surface area contributed by atoms with Crippen molar-refractivity contribution in [3.8, 4) is 0 Å². The molecule has 20 heavy (non-hydrogen) atoms. The first-order valence-corrected chi connectivity index (χ1v) is 9.52. The first kappa shape index (κ1) is 18.1. The SMILES string of the molecule is CSCC(C)CNS(=O)(=O)c1cc(CO)c(Cl)cc1Cl. The van der Waals surface area contributed by atoms with Crippen LogP contribution in [-0.2, 0) is 16.6 Å². The second-order valence-corrected chi connectivity index (χ2v) is 7.91. The number of hydrogen-bond acceptors (Lipinski definition) is 4. The van der Waals surface area contributed by atoms with E-state index >= 15 is 0 Å². The van der Waals surface area contributed by atoms with Crippen LogP contribution < -0.4 is 4.72 Å². The van der Waals surface area contributed by atoms with Crippen LogP contribution in [0, 0.1) is 5.92 Å². The number of halogens is 2. The van der Waals surface area contributed by atoms with Crippen molar-refractivity contribution in [2.24, 2.45) is 5.92 Å². The molecule has 114 valence electrons. The van der Waals surface area contributed by atoms with Gasteiger partial charge >= 0.3 is 0 Å². The van der Waals surface area contributed by atoms with Crippen molar-refractivity contribution in [1.29, 1.82) is 0 Å². The van der Waals surface area contributed by atoms with Gasteiger partial charge in [0.1, 0.15) is 4.90 Å². The van der Waals surface area contributed by atoms with Crippen LogP contribution in [0.5, 0.6) is 0 Å². The Morgan fingerprint density at radius 2 is 2.00 bits per heavy atom. The molecule has 0 aliphatic heterocycles. The van der Waals surface area contributed by atoms with E-state index in [0.29, 0.717) is 12.1 Å². The molecule has 0 aliphatic carbocycles. The highest BCUT2D eigenvalue weighted by molar-refractivity contribution is 7.98. The van der Waals surface area contributed by atoms with Gasteiger partial charge in [0.15, 0.2) is 0 Å². The van der Waals surface area contributed by atoms with Gasteiger partial charge in [-0.2, -0.15) is 11.8 Å². The summed E-state index contributed by atoms with van der Waals surface area (Å²) in [5.74, 6) is 1.07. The summed E-state index contributed by atoms with van der Waals surface area (Å²) in [4.78, 5) is -0.0658. The first-order chi connectivity index (χ1) is 9.31. The van der Waals surface area contributed by atoms with Gasteiger partial charge in [0.05, 0.1) is 11.6 Å². The van der Waals surface area contributed by atoms with Crippen molar-refractivity contribution in [3.05, 3.63) is 27.7 Å². The number of rotatable bonds is 7. The third-order valence-corrected chi connectivity index (χ3v) is 5.78. The molecule has 1 atom stereocenters. The van der Waals surface area contributed by atoms with E-state index in [1.807, 2.05) is 13.2 Å². The quantitative estimate of drug-likeness (QED) is 0.787. The van der Waals surface area contributed by atoms with Crippen LogP contribution in [0.2, 0.25) is 10.0 Å². The molecule has 1 unspecified atom stereocenters. The topological polar surface area (TPSA) is 66.4 Å². The standard InChI is InChI=1S/C12H17Cl2NO3S2/c1-8(7-19-2)5-15-20(17,18)12-3-9(6-16)10(13)4-11(12)14/h3-4,8,15-16H,5-7H2,1-2H3. The second-order valence-electron chi connectivity index (χ2n) is 4.44. The molecule has 1 rings (SSSR count).